The number of carboxylic acids is 1. The normalized spacial score (nSPS) is 14.9. The summed E-state index contributed by atoms with van der Waals surface area (Å²) in [6.07, 6.45) is 4.42. The number of carbonyl (C=O) groups is 1. The summed E-state index contributed by atoms with van der Waals surface area (Å²) in [7, 11) is 1.98. The number of hydrogen-bond donors (Lipinski definition) is 1. The quantitative estimate of drug-likeness (QED) is 0.848. The maximum absolute atomic E-state index is 11.2. The van der Waals surface area contributed by atoms with Crippen molar-refractivity contribution in [3.05, 3.63) is 10.6 Å². The van der Waals surface area contributed by atoms with Crippen molar-refractivity contribution in [2.75, 3.05) is 18.5 Å². The lowest BCUT2D eigenvalue weighted by atomic mass is 10.2. The number of carboxylic acid groups (broad SMARTS) is 1. The van der Waals surface area contributed by atoms with Gasteiger partial charge < -0.3 is 10.0 Å². The molecule has 0 aromatic carbocycles. The van der Waals surface area contributed by atoms with Gasteiger partial charge in [0.25, 0.3) is 0 Å². The molecule has 0 atom stereocenters. The number of nitrogens with zero attached hydrogens (tertiary/aromatic N) is 2. The molecular formula is C12H18N2O2S. The van der Waals surface area contributed by atoms with Gasteiger partial charge in [0.1, 0.15) is 4.88 Å². The number of anilines is 1. The van der Waals surface area contributed by atoms with Crippen LogP contribution >= 0.6 is 11.3 Å². The molecule has 1 aliphatic rings. The zero-order valence-electron chi connectivity index (χ0n) is 10.3. The van der Waals surface area contributed by atoms with Gasteiger partial charge in [-0.3, -0.25) is 0 Å². The average Bonchev–Trinajstić information content (AvgIpc) is 3.04. The largest absolute Gasteiger partial charge is 0.477 e. The van der Waals surface area contributed by atoms with Crippen LogP contribution in [0.15, 0.2) is 0 Å². The maximum Gasteiger partial charge on any atom is 0.347 e. The lowest BCUT2D eigenvalue weighted by Crippen LogP contribution is -2.17. The first kappa shape index (κ1) is 12.4. The monoisotopic (exact) mass is 254 g/mol. The van der Waals surface area contributed by atoms with E-state index in [1.54, 1.807) is 0 Å². The van der Waals surface area contributed by atoms with Gasteiger partial charge in [0.15, 0.2) is 5.13 Å². The van der Waals surface area contributed by atoms with Crippen LogP contribution in [-0.4, -0.2) is 29.7 Å². The van der Waals surface area contributed by atoms with Crippen molar-refractivity contribution >= 4 is 22.4 Å². The van der Waals surface area contributed by atoms with Crippen LogP contribution in [0.5, 0.6) is 0 Å². The van der Waals surface area contributed by atoms with Crippen LogP contribution < -0.4 is 4.90 Å². The highest BCUT2D eigenvalue weighted by atomic mass is 32.1. The molecule has 1 N–H and O–H groups in total. The number of aromatic nitrogens is 1. The van der Waals surface area contributed by atoms with Crippen LogP contribution in [0.1, 0.15) is 53.9 Å². The highest BCUT2D eigenvalue weighted by molar-refractivity contribution is 7.17. The lowest BCUT2D eigenvalue weighted by molar-refractivity contribution is 0.0700. The first-order valence-electron chi connectivity index (χ1n) is 6.08. The molecule has 0 radical (unpaired) electrons. The van der Waals surface area contributed by atoms with Crippen molar-refractivity contribution in [1.29, 1.82) is 0 Å². The molecule has 0 unspecified atom stereocenters. The molecule has 94 valence electrons. The van der Waals surface area contributed by atoms with E-state index in [0.717, 1.165) is 43.1 Å². The van der Waals surface area contributed by atoms with E-state index in [9.17, 15) is 4.79 Å². The molecule has 1 aromatic rings. The predicted octanol–water partition coefficient (Wildman–Crippen LogP) is 2.96. The minimum absolute atomic E-state index is 0.394. The van der Waals surface area contributed by atoms with Crippen LogP contribution in [0.2, 0.25) is 0 Å². The maximum atomic E-state index is 11.2. The van der Waals surface area contributed by atoms with E-state index in [0.29, 0.717) is 10.8 Å². The van der Waals surface area contributed by atoms with E-state index < -0.39 is 5.97 Å². The summed E-state index contributed by atoms with van der Waals surface area (Å²) in [6.45, 7) is 3.08. The second kappa shape index (κ2) is 5.04. The van der Waals surface area contributed by atoms with Crippen molar-refractivity contribution in [3.63, 3.8) is 0 Å². The molecule has 17 heavy (non-hydrogen) atoms. The molecule has 0 aliphatic heterocycles. The molecule has 0 spiro atoms. The smallest absolute Gasteiger partial charge is 0.347 e. The third-order valence-electron chi connectivity index (χ3n) is 2.97. The fraction of sp³-hybridized carbons (Fsp3) is 0.667. The summed E-state index contributed by atoms with van der Waals surface area (Å²) in [5, 5.41) is 10.0. The minimum Gasteiger partial charge on any atom is -0.477 e. The van der Waals surface area contributed by atoms with Crippen molar-refractivity contribution in [2.45, 2.75) is 38.5 Å². The summed E-state index contributed by atoms with van der Waals surface area (Å²) in [6, 6.07) is 0. The summed E-state index contributed by atoms with van der Waals surface area (Å²) in [5.74, 6) is -0.440. The van der Waals surface area contributed by atoms with Crippen molar-refractivity contribution in [3.8, 4) is 0 Å². The van der Waals surface area contributed by atoms with E-state index in [4.69, 9.17) is 5.11 Å². The Labute approximate surface area is 105 Å². The summed E-state index contributed by atoms with van der Waals surface area (Å²) < 4.78 is 0. The molecule has 1 fully saturated rings. The van der Waals surface area contributed by atoms with Crippen LogP contribution in [-0.2, 0) is 0 Å². The molecule has 1 aliphatic carbocycles. The summed E-state index contributed by atoms with van der Waals surface area (Å²) >= 11 is 1.31. The molecule has 5 heteroatoms. The Bertz CT molecular complexity index is 413. The van der Waals surface area contributed by atoms with Crippen molar-refractivity contribution in [2.24, 2.45) is 0 Å². The zero-order chi connectivity index (χ0) is 12.4. The predicted molar refractivity (Wildman–Crippen MR) is 69.2 cm³/mol. The van der Waals surface area contributed by atoms with Crippen LogP contribution in [0.25, 0.3) is 0 Å². The molecule has 2 rings (SSSR count). The average molecular weight is 254 g/mol. The van der Waals surface area contributed by atoms with E-state index >= 15 is 0 Å². The fourth-order valence-corrected chi connectivity index (χ4v) is 2.74. The number of unbranched alkanes of at least 4 members (excludes halogenated alkanes) is 1. The Morgan fingerprint density at radius 1 is 1.59 bits per heavy atom. The molecular weight excluding hydrogens is 236 g/mol. The van der Waals surface area contributed by atoms with Gasteiger partial charge in [0.05, 0.1) is 5.69 Å². The zero-order valence-corrected chi connectivity index (χ0v) is 11.1. The highest BCUT2D eigenvalue weighted by Crippen LogP contribution is 2.44. The molecule has 1 aromatic heterocycles. The van der Waals surface area contributed by atoms with Gasteiger partial charge in [-0.05, 0) is 19.3 Å². The van der Waals surface area contributed by atoms with Gasteiger partial charge in [-0.15, -0.1) is 0 Å². The Balaban J connectivity index is 2.17. The topological polar surface area (TPSA) is 53.4 Å². The summed E-state index contributed by atoms with van der Waals surface area (Å²) in [5.41, 5.74) is 0.806. The SMILES string of the molecule is CCCCN(C)c1nc(C2CC2)c(C(=O)O)s1. The van der Waals surface area contributed by atoms with Gasteiger partial charge in [-0.25, -0.2) is 9.78 Å². The molecule has 1 heterocycles. The van der Waals surface area contributed by atoms with E-state index in [1.807, 2.05) is 7.05 Å². The Morgan fingerprint density at radius 3 is 2.82 bits per heavy atom. The first-order chi connectivity index (χ1) is 8.13. The van der Waals surface area contributed by atoms with Gasteiger partial charge in [0, 0.05) is 19.5 Å². The van der Waals surface area contributed by atoms with Gasteiger partial charge in [-0.2, -0.15) is 0 Å². The standard InChI is InChI=1S/C12H18N2O2S/c1-3-4-7-14(2)12-13-9(8-5-6-8)10(17-12)11(15)16/h8H,3-7H2,1-2H3,(H,15,16). The molecule has 4 nitrogen and oxygen atoms in total. The molecule has 0 saturated heterocycles. The number of hydrogen-bond acceptors (Lipinski definition) is 4. The minimum atomic E-state index is -0.834. The number of thiazole rings is 1. The fourth-order valence-electron chi connectivity index (χ4n) is 1.76. The third-order valence-corrected chi connectivity index (χ3v) is 4.15. The lowest BCUT2D eigenvalue weighted by Gasteiger charge is -2.14. The second-order valence-corrected chi connectivity index (χ2v) is 5.54. The number of rotatable bonds is 6. The summed E-state index contributed by atoms with van der Waals surface area (Å²) in [4.78, 5) is 18.2. The van der Waals surface area contributed by atoms with Gasteiger partial charge >= 0.3 is 5.97 Å². The van der Waals surface area contributed by atoms with Crippen LogP contribution in [0, 0.1) is 0 Å². The third kappa shape index (κ3) is 2.77. The first-order valence-corrected chi connectivity index (χ1v) is 6.90. The Morgan fingerprint density at radius 2 is 2.29 bits per heavy atom. The van der Waals surface area contributed by atoms with Crippen LogP contribution in [0.3, 0.4) is 0 Å². The van der Waals surface area contributed by atoms with E-state index in [-0.39, 0.29) is 0 Å². The molecule has 0 amide bonds. The van der Waals surface area contributed by atoms with Gasteiger partial charge in [0.2, 0.25) is 0 Å². The van der Waals surface area contributed by atoms with Crippen molar-refractivity contribution < 1.29 is 9.90 Å². The molecule has 1 saturated carbocycles. The highest BCUT2D eigenvalue weighted by Gasteiger charge is 2.32. The number of aromatic carboxylic acids is 1. The van der Waals surface area contributed by atoms with E-state index in [2.05, 4.69) is 16.8 Å². The van der Waals surface area contributed by atoms with Crippen LogP contribution in [0.4, 0.5) is 5.13 Å². The Kier molecular flexibility index (Phi) is 3.66. The second-order valence-electron chi connectivity index (χ2n) is 4.57. The van der Waals surface area contributed by atoms with E-state index in [1.165, 1.54) is 11.3 Å². The molecule has 0 bridgehead atoms. The Hall–Kier alpha value is -1.10. The van der Waals surface area contributed by atoms with Crippen molar-refractivity contribution in [1.82, 2.24) is 4.98 Å². The van der Waals surface area contributed by atoms with Gasteiger partial charge in [-0.1, -0.05) is 24.7 Å².